The fraction of sp³-hybridized carbons (Fsp3) is 0.593. The highest BCUT2D eigenvalue weighted by atomic mass is 14.6. The quantitative estimate of drug-likeness (QED) is 0.480. The van der Waals surface area contributed by atoms with Crippen LogP contribution in [-0.2, 0) is 0 Å². The van der Waals surface area contributed by atoms with Gasteiger partial charge < -0.3 is 0 Å². The van der Waals surface area contributed by atoms with E-state index in [-0.39, 0.29) is 0 Å². The molecule has 6 unspecified atom stereocenters. The van der Waals surface area contributed by atoms with E-state index in [1.54, 1.807) is 5.56 Å². The van der Waals surface area contributed by atoms with Gasteiger partial charge >= 0.3 is 0 Å². The summed E-state index contributed by atoms with van der Waals surface area (Å²) in [6.07, 6.45) is 21.4. The molecule has 1 heteroatoms. The molecule has 4 aliphatic rings. The van der Waals surface area contributed by atoms with Gasteiger partial charge in [-0.3, -0.25) is 4.98 Å². The summed E-state index contributed by atoms with van der Waals surface area (Å²) in [5, 5.41) is 2.65. The van der Waals surface area contributed by atoms with E-state index in [4.69, 9.17) is 0 Å². The minimum absolute atomic E-state index is 0.786. The lowest BCUT2D eigenvalue weighted by Gasteiger charge is -2.40. The van der Waals surface area contributed by atoms with E-state index in [1.807, 2.05) is 18.0 Å². The van der Waals surface area contributed by atoms with Crippen molar-refractivity contribution in [1.82, 2.24) is 4.98 Å². The van der Waals surface area contributed by atoms with Gasteiger partial charge in [0.2, 0.25) is 0 Å². The first-order valence-corrected chi connectivity index (χ1v) is 11.9. The van der Waals surface area contributed by atoms with Gasteiger partial charge in [-0.2, -0.15) is 0 Å². The third kappa shape index (κ3) is 2.85. The summed E-state index contributed by atoms with van der Waals surface area (Å²) < 4.78 is 0. The topological polar surface area (TPSA) is 12.9 Å². The number of hydrogen-bond donors (Lipinski definition) is 0. The Morgan fingerprint density at radius 1 is 0.750 bits per heavy atom. The molecule has 3 saturated carbocycles. The molecule has 0 radical (unpaired) electrons. The Labute approximate surface area is 169 Å². The number of hydrogen-bond acceptors (Lipinski definition) is 1. The highest BCUT2D eigenvalue weighted by Crippen LogP contribution is 2.57. The Morgan fingerprint density at radius 3 is 2.68 bits per heavy atom. The summed E-state index contributed by atoms with van der Waals surface area (Å²) in [5.41, 5.74) is 3.46. The Bertz CT molecular complexity index is 896. The van der Waals surface area contributed by atoms with Gasteiger partial charge in [0.1, 0.15) is 0 Å². The number of allylic oxidation sites excluding steroid dienone is 2. The summed E-state index contributed by atoms with van der Waals surface area (Å²) in [7, 11) is 0. The first kappa shape index (κ1) is 17.2. The van der Waals surface area contributed by atoms with Crippen molar-refractivity contribution in [2.45, 2.75) is 70.1 Å². The van der Waals surface area contributed by atoms with E-state index < -0.39 is 0 Å². The first-order chi connectivity index (χ1) is 13.9. The predicted octanol–water partition coefficient (Wildman–Crippen LogP) is 7.28. The van der Waals surface area contributed by atoms with Crippen molar-refractivity contribution in [2.24, 2.45) is 29.6 Å². The summed E-state index contributed by atoms with van der Waals surface area (Å²) >= 11 is 0. The summed E-state index contributed by atoms with van der Waals surface area (Å²) in [5.74, 6) is 5.51. The molecule has 4 aliphatic carbocycles. The zero-order chi connectivity index (χ0) is 18.5. The van der Waals surface area contributed by atoms with Gasteiger partial charge in [0.15, 0.2) is 0 Å². The second kappa shape index (κ2) is 7.01. The smallest absolute Gasteiger partial charge is 0.0346 e. The molecule has 6 atom stereocenters. The zero-order valence-electron chi connectivity index (χ0n) is 17.0. The largest absolute Gasteiger partial charge is 0.264 e. The fourth-order valence-corrected chi connectivity index (χ4v) is 7.67. The molecule has 1 aromatic heterocycles. The Balaban J connectivity index is 1.27. The predicted molar refractivity (Wildman–Crippen MR) is 116 cm³/mol. The van der Waals surface area contributed by atoms with Crippen LogP contribution < -0.4 is 0 Å². The average Bonchev–Trinajstić information content (AvgIpc) is 3.08. The number of fused-ring (bicyclic) bond motifs is 5. The maximum absolute atomic E-state index is 4.36. The van der Waals surface area contributed by atoms with E-state index >= 15 is 0 Å². The van der Waals surface area contributed by atoms with Crippen LogP contribution in [0.25, 0.3) is 10.8 Å². The third-order valence-corrected chi connectivity index (χ3v) is 8.97. The molecule has 2 aromatic rings. The van der Waals surface area contributed by atoms with Gasteiger partial charge in [-0.1, -0.05) is 30.2 Å². The highest BCUT2D eigenvalue weighted by Gasteiger charge is 2.46. The lowest BCUT2D eigenvalue weighted by molar-refractivity contribution is 0.121. The Kier molecular flexibility index (Phi) is 4.32. The molecule has 0 N–H and O–H groups in total. The number of rotatable bonds is 1. The summed E-state index contributed by atoms with van der Waals surface area (Å²) in [6, 6.07) is 9.34. The fourth-order valence-electron chi connectivity index (χ4n) is 7.67. The van der Waals surface area contributed by atoms with Crippen LogP contribution in [0.3, 0.4) is 0 Å². The van der Waals surface area contributed by atoms with Crippen LogP contribution in [0, 0.1) is 29.6 Å². The SMILES string of the molecule is C1=C2CCCCC2CCC2C1CCC1C(c3ccc4ccncc4c3)CCC21. The minimum atomic E-state index is 0.786. The van der Waals surface area contributed by atoms with Gasteiger partial charge in [-0.05, 0) is 116 Å². The van der Waals surface area contributed by atoms with Crippen molar-refractivity contribution >= 4 is 10.8 Å². The van der Waals surface area contributed by atoms with Crippen LogP contribution in [-0.4, -0.2) is 4.98 Å². The number of benzene rings is 1. The molecule has 0 aliphatic heterocycles. The van der Waals surface area contributed by atoms with Crippen molar-refractivity contribution in [2.75, 3.05) is 0 Å². The number of pyridine rings is 1. The number of nitrogens with zero attached hydrogens (tertiary/aromatic N) is 1. The van der Waals surface area contributed by atoms with Crippen LogP contribution in [0.5, 0.6) is 0 Å². The molecule has 1 heterocycles. The lowest BCUT2D eigenvalue weighted by Crippen LogP contribution is -2.32. The van der Waals surface area contributed by atoms with Crippen LogP contribution in [0.4, 0.5) is 0 Å². The van der Waals surface area contributed by atoms with Crippen LogP contribution >= 0.6 is 0 Å². The van der Waals surface area contributed by atoms with Gasteiger partial charge in [0.25, 0.3) is 0 Å². The molecule has 6 rings (SSSR count). The zero-order valence-corrected chi connectivity index (χ0v) is 17.0. The van der Waals surface area contributed by atoms with E-state index in [9.17, 15) is 0 Å². The van der Waals surface area contributed by atoms with Crippen molar-refractivity contribution in [3.63, 3.8) is 0 Å². The molecule has 3 fully saturated rings. The monoisotopic (exact) mass is 371 g/mol. The van der Waals surface area contributed by atoms with Crippen LogP contribution in [0.2, 0.25) is 0 Å². The summed E-state index contributed by atoms with van der Waals surface area (Å²) in [6.45, 7) is 0. The van der Waals surface area contributed by atoms with E-state index in [1.165, 1.54) is 75.0 Å². The second-order valence-electron chi connectivity index (χ2n) is 10.2. The molecular weight excluding hydrogens is 338 g/mol. The van der Waals surface area contributed by atoms with Gasteiger partial charge in [0.05, 0.1) is 0 Å². The standard InChI is InChI=1S/C27H33N/c1-2-4-20-15-22-8-10-26-25(11-12-27(26)24(22)9-7-18(20)3-1)21-6-5-19-13-14-28-17-23(19)16-21/h5-6,13-18,22,24-27H,1-4,7-12H2. The van der Waals surface area contributed by atoms with Gasteiger partial charge in [-0.15, -0.1) is 0 Å². The van der Waals surface area contributed by atoms with Gasteiger partial charge in [-0.25, -0.2) is 0 Å². The number of aromatic nitrogens is 1. The summed E-state index contributed by atoms with van der Waals surface area (Å²) in [4.78, 5) is 4.36. The third-order valence-electron chi connectivity index (χ3n) is 8.97. The van der Waals surface area contributed by atoms with E-state index in [0.29, 0.717) is 0 Å². The molecule has 0 saturated heterocycles. The van der Waals surface area contributed by atoms with E-state index in [2.05, 4.69) is 35.3 Å². The Hall–Kier alpha value is -1.63. The average molecular weight is 372 g/mol. The molecule has 28 heavy (non-hydrogen) atoms. The van der Waals surface area contributed by atoms with Crippen molar-refractivity contribution < 1.29 is 0 Å². The second-order valence-corrected chi connectivity index (χ2v) is 10.2. The molecule has 0 spiro atoms. The van der Waals surface area contributed by atoms with Crippen molar-refractivity contribution in [1.29, 1.82) is 0 Å². The molecule has 1 aromatic carbocycles. The van der Waals surface area contributed by atoms with Crippen LogP contribution in [0.15, 0.2) is 48.3 Å². The molecule has 0 amide bonds. The normalized spacial score (nSPS) is 37.5. The lowest BCUT2D eigenvalue weighted by atomic mass is 9.64. The first-order valence-electron chi connectivity index (χ1n) is 11.9. The van der Waals surface area contributed by atoms with Crippen molar-refractivity contribution in [3.8, 4) is 0 Å². The van der Waals surface area contributed by atoms with E-state index in [0.717, 1.165) is 35.5 Å². The molecule has 146 valence electrons. The maximum Gasteiger partial charge on any atom is 0.0346 e. The Morgan fingerprint density at radius 2 is 1.68 bits per heavy atom. The highest BCUT2D eigenvalue weighted by molar-refractivity contribution is 5.82. The molecular formula is C27H33N. The van der Waals surface area contributed by atoms with Gasteiger partial charge in [0, 0.05) is 17.8 Å². The maximum atomic E-state index is 4.36. The minimum Gasteiger partial charge on any atom is -0.264 e. The molecule has 1 nitrogen and oxygen atoms in total. The molecule has 0 bridgehead atoms. The van der Waals surface area contributed by atoms with Crippen LogP contribution in [0.1, 0.15) is 75.7 Å². The van der Waals surface area contributed by atoms with Crippen molar-refractivity contribution in [3.05, 3.63) is 53.9 Å².